The van der Waals surface area contributed by atoms with Gasteiger partial charge < -0.3 is 14.8 Å². The summed E-state index contributed by atoms with van der Waals surface area (Å²) in [7, 11) is 1.73. The van der Waals surface area contributed by atoms with Crippen molar-refractivity contribution in [1.82, 2.24) is 9.36 Å². The molecule has 4 rings (SSSR count). The molecule has 0 aliphatic rings. The molecular formula is C27H25N3O5. The molecule has 0 aliphatic heterocycles. The lowest BCUT2D eigenvalue weighted by Crippen LogP contribution is -2.32. The highest BCUT2D eigenvalue weighted by Gasteiger charge is 2.25. The second kappa shape index (κ2) is 10.1. The van der Waals surface area contributed by atoms with Crippen molar-refractivity contribution in [3.05, 3.63) is 107 Å². The lowest BCUT2D eigenvalue weighted by Gasteiger charge is -2.15. The van der Waals surface area contributed by atoms with Gasteiger partial charge in [0, 0.05) is 7.05 Å². The van der Waals surface area contributed by atoms with Crippen molar-refractivity contribution in [1.29, 1.82) is 0 Å². The van der Waals surface area contributed by atoms with Crippen molar-refractivity contribution in [2.24, 2.45) is 7.05 Å². The Hall–Kier alpha value is -4.59. The molecule has 1 aromatic heterocycles. The van der Waals surface area contributed by atoms with Gasteiger partial charge in [-0.25, -0.2) is 9.48 Å². The average Bonchev–Trinajstić information content (AvgIpc) is 3.08. The number of nitrogens with one attached hydrogen (secondary N) is 1. The van der Waals surface area contributed by atoms with Crippen LogP contribution in [0.3, 0.4) is 0 Å². The standard InChI is InChI=1S/C27H25N3O5/c1-18-24(26(32)30(29(18)3)20-12-6-4-7-13-20)28-25(31)19(2)34-27(33)22-16-10-11-17-23(22)35-21-14-8-5-9-15-21/h4-17,19H,1-3H3,(H,28,31). The number of benzene rings is 3. The summed E-state index contributed by atoms with van der Waals surface area (Å²) in [6.07, 6.45) is -1.16. The number of anilines is 1. The van der Waals surface area contributed by atoms with Gasteiger partial charge >= 0.3 is 5.97 Å². The van der Waals surface area contributed by atoms with Crippen LogP contribution in [0.1, 0.15) is 23.0 Å². The molecule has 4 aromatic rings. The number of aromatic nitrogens is 2. The van der Waals surface area contributed by atoms with Gasteiger partial charge in [0.25, 0.3) is 11.5 Å². The van der Waals surface area contributed by atoms with Gasteiger partial charge in [-0.1, -0.05) is 48.5 Å². The SMILES string of the molecule is Cc1c(NC(=O)C(C)OC(=O)c2ccccc2Oc2ccccc2)c(=O)n(-c2ccccc2)n1C. The highest BCUT2D eigenvalue weighted by atomic mass is 16.5. The molecule has 1 heterocycles. The summed E-state index contributed by atoms with van der Waals surface area (Å²) >= 11 is 0. The third-order valence-electron chi connectivity index (χ3n) is 5.53. The monoisotopic (exact) mass is 471 g/mol. The predicted octanol–water partition coefficient (Wildman–Crippen LogP) is 4.46. The number of para-hydroxylation sites is 3. The second-order valence-corrected chi connectivity index (χ2v) is 7.88. The predicted molar refractivity (Wildman–Crippen MR) is 132 cm³/mol. The van der Waals surface area contributed by atoms with Crippen LogP contribution in [0.15, 0.2) is 89.7 Å². The van der Waals surface area contributed by atoms with Crippen LogP contribution < -0.4 is 15.6 Å². The minimum atomic E-state index is -1.16. The highest BCUT2D eigenvalue weighted by molar-refractivity contribution is 5.98. The van der Waals surface area contributed by atoms with E-state index in [1.807, 2.05) is 36.4 Å². The van der Waals surface area contributed by atoms with Crippen LogP contribution in [0, 0.1) is 6.92 Å². The van der Waals surface area contributed by atoms with Crippen LogP contribution in [-0.2, 0) is 16.6 Å². The van der Waals surface area contributed by atoms with E-state index in [0.29, 0.717) is 22.9 Å². The van der Waals surface area contributed by atoms with Crippen molar-refractivity contribution in [2.75, 3.05) is 5.32 Å². The second-order valence-electron chi connectivity index (χ2n) is 7.88. The first-order valence-electron chi connectivity index (χ1n) is 11.0. The molecule has 1 N–H and O–H groups in total. The van der Waals surface area contributed by atoms with Crippen LogP contribution in [0.2, 0.25) is 0 Å². The van der Waals surface area contributed by atoms with Crippen LogP contribution in [0.5, 0.6) is 11.5 Å². The van der Waals surface area contributed by atoms with Crippen molar-refractivity contribution >= 4 is 17.6 Å². The molecule has 1 amide bonds. The molecule has 1 unspecified atom stereocenters. The number of rotatable bonds is 7. The molecule has 35 heavy (non-hydrogen) atoms. The Morgan fingerprint density at radius 3 is 2.17 bits per heavy atom. The summed E-state index contributed by atoms with van der Waals surface area (Å²) in [5, 5.41) is 2.62. The third-order valence-corrected chi connectivity index (χ3v) is 5.53. The number of amides is 1. The highest BCUT2D eigenvalue weighted by Crippen LogP contribution is 2.26. The normalized spacial score (nSPS) is 11.5. The molecule has 0 fully saturated rings. The molecule has 0 saturated carbocycles. The van der Waals surface area contributed by atoms with Crippen LogP contribution in [0.4, 0.5) is 5.69 Å². The van der Waals surface area contributed by atoms with E-state index in [4.69, 9.17) is 9.47 Å². The Kier molecular flexibility index (Phi) is 6.82. The maximum atomic E-state index is 13.0. The smallest absolute Gasteiger partial charge is 0.342 e. The fourth-order valence-corrected chi connectivity index (χ4v) is 3.55. The first-order valence-corrected chi connectivity index (χ1v) is 11.0. The minimum Gasteiger partial charge on any atom is -0.456 e. The minimum absolute atomic E-state index is 0.122. The number of carbonyl (C=O) groups is 2. The first-order chi connectivity index (χ1) is 16.9. The number of carbonyl (C=O) groups excluding carboxylic acids is 2. The van der Waals surface area contributed by atoms with Crippen LogP contribution in [-0.4, -0.2) is 27.3 Å². The van der Waals surface area contributed by atoms with E-state index in [2.05, 4.69) is 5.32 Å². The van der Waals surface area contributed by atoms with Gasteiger partial charge in [-0.2, -0.15) is 0 Å². The molecule has 3 aromatic carbocycles. The van der Waals surface area contributed by atoms with Gasteiger partial charge in [0.2, 0.25) is 0 Å². The summed E-state index contributed by atoms with van der Waals surface area (Å²) in [6, 6.07) is 24.7. The van der Waals surface area contributed by atoms with E-state index in [1.165, 1.54) is 11.6 Å². The van der Waals surface area contributed by atoms with Gasteiger partial charge in [0.1, 0.15) is 22.7 Å². The van der Waals surface area contributed by atoms with Gasteiger partial charge in [-0.3, -0.25) is 14.3 Å². The summed E-state index contributed by atoms with van der Waals surface area (Å²) in [5.41, 5.74) is 1.14. The Morgan fingerprint density at radius 2 is 1.49 bits per heavy atom. The Morgan fingerprint density at radius 1 is 0.886 bits per heavy atom. The summed E-state index contributed by atoms with van der Waals surface area (Å²) in [4.78, 5) is 38.7. The van der Waals surface area contributed by atoms with E-state index >= 15 is 0 Å². The zero-order valence-corrected chi connectivity index (χ0v) is 19.6. The Bertz CT molecular complexity index is 1410. The molecule has 0 bridgehead atoms. The molecule has 8 heteroatoms. The molecule has 8 nitrogen and oxygen atoms in total. The number of hydrogen-bond donors (Lipinski definition) is 1. The van der Waals surface area contributed by atoms with E-state index in [9.17, 15) is 14.4 Å². The van der Waals surface area contributed by atoms with Crippen molar-refractivity contribution in [2.45, 2.75) is 20.0 Å². The quantitative estimate of drug-likeness (QED) is 0.402. The van der Waals surface area contributed by atoms with Gasteiger partial charge in [0.15, 0.2) is 6.10 Å². The zero-order valence-electron chi connectivity index (χ0n) is 19.6. The number of ether oxygens (including phenoxy) is 2. The summed E-state index contributed by atoms with van der Waals surface area (Å²) in [5.74, 6) is -0.467. The van der Waals surface area contributed by atoms with Crippen LogP contribution >= 0.6 is 0 Å². The maximum absolute atomic E-state index is 13.0. The van der Waals surface area contributed by atoms with Crippen molar-refractivity contribution < 1.29 is 19.1 Å². The first kappa shape index (κ1) is 23.6. The largest absolute Gasteiger partial charge is 0.456 e. The molecule has 0 saturated heterocycles. The third kappa shape index (κ3) is 5.01. The lowest BCUT2D eigenvalue weighted by atomic mass is 10.2. The number of nitrogens with zero attached hydrogens (tertiary/aromatic N) is 2. The summed E-state index contributed by atoms with van der Waals surface area (Å²) < 4.78 is 14.3. The fourth-order valence-electron chi connectivity index (χ4n) is 3.55. The fraction of sp³-hybridized carbons (Fsp3) is 0.148. The zero-order chi connectivity index (χ0) is 24.9. The maximum Gasteiger partial charge on any atom is 0.342 e. The topological polar surface area (TPSA) is 91.6 Å². The van der Waals surface area contributed by atoms with Gasteiger partial charge in [0.05, 0.1) is 11.4 Å². The van der Waals surface area contributed by atoms with E-state index < -0.39 is 18.0 Å². The molecular weight excluding hydrogens is 446 g/mol. The molecule has 0 aliphatic carbocycles. The Labute approximate surface area is 202 Å². The van der Waals surface area contributed by atoms with Crippen molar-refractivity contribution in [3.8, 4) is 17.2 Å². The average molecular weight is 472 g/mol. The van der Waals surface area contributed by atoms with E-state index in [0.717, 1.165) is 0 Å². The van der Waals surface area contributed by atoms with Crippen LogP contribution in [0.25, 0.3) is 5.69 Å². The molecule has 0 spiro atoms. The number of hydrogen-bond acceptors (Lipinski definition) is 5. The summed E-state index contributed by atoms with van der Waals surface area (Å²) in [6.45, 7) is 3.17. The lowest BCUT2D eigenvalue weighted by molar-refractivity contribution is -0.123. The van der Waals surface area contributed by atoms with Crippen molar-refractivity contribution in [3.63, 3.8) is 0 Å². The van der Waals surface area contributed by atoms with Gasteiger partial charge in [-0.15, -0.1) is 0 Å². The molecule has 1 atom stereocenters. The molecule has 178 valence electrons. The molecule has 0 radical (unpaired) electrons. The van der Waals surface area contributed by atoms with E-state index in [1.54, 1.807) is 67.2 Å². The Balaban J connectivity index is 1.50. The number of esters is 1. The van der Waals surface area contributed by atoms with E-state index in [-0.39, 0.29) is 16.8 Å². The van der Waals surface area contributed by atoms with Gasteiger partial charge in [-0.05, 0) is 50.2 Å².